The minimum absolute atomic E-state index is 0.151. The van der Waals surface area contributed by atoms with E-state index in [1.165, 1.54) is 0 Å². The Morgan fingerprint density at radius 2 is 1.15 bits per heavy atom. The number of benzene rings is 2. The molecule has 0 saturated carbocycles. The Hall–Kier alpha value is -3.72. The zero-order valence-electron chi connectivity index (χ0n) is 18.4. The van der Waals surface area contributed by atoms with Gasteiger partial charge in [-0.1, -0.05) is 24.3 Å². The van der Waals surface area contributed by atoms with E-state index >= 15 is 0 Å². The van der Waals surface area contributed by atoms with Crippen LogP contribution in [0, 0.1) is 0 Å². The predicted octanol–water partition coefficient (Wildman–Crippen LogP) is 0.563. The summed E-state index contributed by atoms with van der Waals surface area (Å²) in [5.41, 5.74) is 3.13. The molecule has 172 valence electrons. The molecule has 4 N–H and O–H groups in total. The third-order valence-electron chi connectivity index (χ3n) is 5.25. The summed E-state index contributed by atoms with van der Waals surface area (Å²) in [4.78, 5) is 33.2. The molecule has 0 atom stereocenters. The molecule has 0 aromatic heterocycles. The largest absolute Gasteiger partial charge is 0.378 e. The molecule has 0 bridgehead atoms. The van der Waals surface area contributed by atoms with Gasteiger partial charge in [0.15, 0.2) is 0 Å². The van der Waals surface area contributed by atoms with Crippen molar-refractivity contribution in [2.24, 2.45) is 9.98 Å². The summed E-state index contributed by atoms with van der Waals surface area (Å²) in [6.45, 7) is 4.77. The Balaban J connectivity index is 1.09. The maximum atomic E-state index is 12.2. The molecule has 2 aromatic carbocycles. The monoisotopic (exact) mass is 448 g/mol. The molecular formula is C24H28N6O3. The summed E-state index contributed by atoms with van der Waals surface area (Å²) >= 11 is 0. The molecule has 2 amide bonds. The second-order valence-electron chi connectivity index (χ2n) is 7.59. The van der Waals surface area contributed by atoms with Crippen molar-refractivity contribution in [3.63, 3.8) is 0 Å². The fraction of sp³-hybridized carbons (Fsp3) is 0.333. The van der Waals surface area contributed by atoms with Crippen LogP contribution in [0.4, 0.5) is 0 Å². The van der Waals surface area contributed by atoms with Gasteiger partial charge in [0.1, 0.15) is 11.7 Å². The van der Waals surface area contributed by atoms with E-state index in [4.69, 9.17) is 4.74 Å². The molecule has 0 spiro atoms. The lowest BCUT2D eigenvalue weighted by molar-refractivity contribution is 0.0893. The molecule has 2 aromatic rings. The maximum Gasteiger partial charge on any atom is 0.251 e. The summed E-state index contributed by atoms with van der Waals surface area (Å²) in [6, 6.07) is 14.7. The molecule has 0 radical (unpaired) electrons. The first-order valence-electron chi connectivity index (χ1n) is 11.1. The SMILES string of the molecule is O=C(NCCOCCNC(=O)c1ccc(C2=NCCN2)cc1)c1ccc(C2=NCCN2)cc1. The molecule has 33 heavy (non-hydrogen) atoms. The van der Waals surface area contributed by atoms with Crippen LogP contribution in [0.1, 0.15) is 31.8 Å². The van der Waals surface area contributed by atoms with Crippen LogP contribution in [-0.4, -0.2) is 76.0 Å². The van der Waals surface area contributed by atoms with Gasteiger partial charge in [-0.05, 0) is 24.3 Å². The number of nitrogens with one attached hydrogen (secondary N) is 4. The Bertz CT molecular complexity index is 948. The predicted molar refractivity (Wildman–Crippen MR) is 127 cm³/mol. The second-order valence-corrected chi connectivity index (χ2v) is 7.59. The summed E-state index contributed by atoms with van der Waals surface area (Å²) in [7, 11) is 0. The van der Waals surface area contributed by atoms with Gasteiger partial charge < -0.3 is 26.0 Å². The van der Waals surface area contributed by atoms with Crippen molar-refractivity contribution in [1.82, 2.24) is 21.3 Å². The topological polar surface area (TPSA) is 116 Å². The van der Waals surface area contributed by atoms with Crippen LogP contribution in [0.5, 0.6) is 0 Å². The van der Waals surface area contributed by atoms with E-state index in [0.29, 0.717) is 37.4 Å². The van der Waals surface area contributed by atoms with E-state index in [-0.39, 0.29) is 11.8 Å². The van der Waals surface area contributed by atoms with Gasteiger partial charge in [-0.15, -0.1) is 0 Å². The molecular weight excluding hydrogens is 420 g/mol. The Kier molecular flexibility index (Phi) is 7.65. The van der Waals surface area contributed by atoms with Gasteiger partial charge in [0.2, 0.25) is 0 Å². The highest BCUT2D eigenvalue weighted by Gasteiger charge is 2.11. The number of aliphatic imine (C=N–C) groups is 2. The van der Waals surface area contributed by atoms with Gasteiger partial charge in [0, 0.05) is 48.4 Å². The molecule has 2 heterocycles. The van der Waals surface area contributed by atoms with Gasteiger partial charge in [-0.3, -0.25) is 19.6 Å². The van der Waals surface area contributed by atoms with Crippen LogP contribution < -0.4 is 21.3 Å². The standard InChI is InChI=1S/C24H28N6O3/c31-23(19-5-1-17(2-6-19)21-25-9-10-26-21)29-13-15-33-16-14-30-24(32)20-7-3-18(4-8-20)22-27-11-12-28-22/h1-8H,9-16H2,(H,25,26)(H,27,28)(H,29,31)(H,30,32). The van der Waals surface area contributed by atoms with E-state index < -0.39 is 0 Å². The minimum Gasteiger partial charge on any atom is -0.378 e. The molecule has 9 heteroatoms. The van der Waals surface area contributed by atoms with Gasteiger partial charge in [-0.25, -0.2) is 0 Å². The summed E-state index contributed by atoms with van der Waals surface area (Å²) in [6.07, 6.45) is 0. The molecule has 9 nitrogen and oxygen atoms in total. The first-order chi connectivity index (χ1) is 16.2. The third-order valence-corrected chi connectivity index (χ3v) is 5.25. The van der Waals surface area contributed by atoms with Crippen molar-refractivity contribution in [2.45, 2.75) is 0 Å². The third kappa shape index (κ3) is 6.17. The van der Waals surface area contributed by atoms with E-state index in [0.717, 1.165) is 49.0 Å². The molecule has 0 unspecified atom stereocenters. The highest BCUT2D eigenvalue weighted by atomic mass is 16.5. The minimum atomic E-state index is -0.151. The number of carbonyl (C=O) groups excluding carboxylic acids is 2. The average molecular weight is 449 g/mol. The summed E-state index contributed by atoms with van der Waals surface area (Å²) in [5.74, 6) is 1.44. The maximum absolute atomic E-state index is 12.2. The van der Waals surface area contributed by atoms with Crippen molar-refractivity contribution >= 4 is 23.5 Å². The Morgan fingerprint density at radius 1 is 0.727 bits per heavy atom. The average Bonchev–Trinajstić information content (AvgIpc) is 3.58. The van der Waals surface area contributed by atoms with E-state index in [1.807, 2.05) is 24.3 Å². The quantitative estimate of drug-likeness (QED) is 0.397. The molecule has 2 aliphatic heterocycles. The van der Waals surface area contributed by atoms with Crippen LogP contribution in [0.15, 0.2) is 58.5 Å². The highest BCUT2D eigenvalue weighted by molar-refractivity contribution is 6.02. The summed E-state index contributed by atoms with van der Waals surface area (Å²) < 4.78 is 5.50. The van der Waals surface area contributed by atoms with Gasteiger partial charge in [0.05, 0.1) is 26.3 Å². The van der Waals surface area contributed by atoms with Crippen LogP contribution in [0.25, 0.3) is 0 Å². The zero-order valence-corrected chi connectivity index (χ0v) is 18.4. The van der Waals surface area contributed by atoms with Crippen LogP contribution in [0.3, 0.4) is 0 Å². The number of rotatable bonds is 10. The smallest absolute Gasteiger partial charge is 0.251 e. The molecule has 0 saturated heterocycles. The highest BCUT2D eigenvalue weighted by Crippen LogP contribution is 2.08. The first-order valence-corrected chi connectivity index (χ1v) is 11.1. The van der Waals surface area contributed by atoms with Gasteiger partial charge in [-0.2, -0.15) is 0 Å². The molecule has 4 rings (SSSR count). The lowest BCUT2D eigenvalue weighted by Crippen LogP contribution is -2.30. The number of nitrogens with zero attached hydrogens (tertiary/aromatic N) is 2. The van der Waals surface area contributed by atoms with Crippen molar-refractivity contribution in [1.29, 1.82) is 0 Å². The van der Waals surface area contributed by atoms with Crippen LogP contribution in [-0.2, 0) is 4.74 Å². The Morgan fingerprint density at radius 3 is 1.52 bits per heavy atom. The number of hydrogen-bond donors (Lipinski definition) is 4. The van der Waals surface area contributed by atoms with Gasteiger partial charge in [0.25, 0.3) is 11.8 Å². The molecule has 0 fully saturated rings. The summed E-state index contributed by atoms with van der Waals surface area (Å²) in [5, 5.41) is 12.1. The second kappa shape index (κ2) is 11.2. The fourth-order valence-corrected chi connectivity index (χ4v) is 3.52. The zero-order chi connectivity index (χ0) is 22.9. The van der Waals surface area contributed by atoms with E-state index in [1.54, 1.807) is 24.3 Å². The van der Waals surface area contributed by atoms with E-state index in [2.05, 4.69) is 31.3 Å². The van der Waals surface area contributed by atoms with Gasteiger partial charge >= 0.3 is 0 Å². The number of amides is 2. The Labute approximate surface area is 192 Å². The van der Waals surface area contributed by atoms with Crippen molar-refractivity contribution in [2.75, 3.05) is 52.5 Å². The molecule has 0 aliphatic carbocycles. The number of ether oxygens (including phenoxy) is 1. The van der Waals surface area contributed by atoms with Crippen molar-refractivity contribution in [3.8, 4) is 0 Å². The van der Waals surface area contributed by atoms with Crippen molar-refractivity contribution < 1.29 is 14.3 Å². The van der Waals surface area contributed by atoms with E-state index in [9.17, 15) is 9.59 Å². The van der Waals surface area contributed by atoms with Crippen LogP contribution >= 0.6 is 0 Å². The molecule has 2 aliphatic rings. The first kappa shape index (κ1) is 22.5. The number of carbonyl (C=O) groups is 2. The number of hydrogen-bond acceptors (Lipinski definition) is 7. The van der Waals surface area contributed by atoms with Crippen molar-refractivity contribution in [3.05, 3.63) is 70.8 Å². The van der Waals surface area contributed by atoms with Crippen LogP contribution in [0.2, 0.25) is 0 Å². The number of amidine groups is 2. The lowest BCUT2D eigenvalue weighted by Gasteiger charge is -2.09. The fourth-order valence-electron chi connectivity index (χ4n) is 3.52. The normalized spacial score (nSPS) is 14.7. The lowest BCUT2D eigenvalue weighted by atomic mass is 10.1.